The summed E-state index contributed by atoms with van der Waals surface area (Å²) >= 11 is 1.61. The molecule has 0 unspecified atom stereocenters. The summed E-state index contributed by atoms with van der Waals surface area (Å²) in [6.45, 7) is 0. The highest BCUT2D eigenvalue weighted by atomic mass is 32.2. The SMILES string of the molecule is C(=C\c1ccccc1)/CSc1n[nH]c(-c2ccccc2)n1. The van der Waals surface area contributed by atoms with E-state index in [0.29, 0.717) is 0 Å². The second-order valence-corrected chi connectivity index (χ2v) is 5.44. The fourth-order valence-electron chi connectivity index (χ4n) is 1.91. The third-order valence-corrected chi connectivity index (χ3v) is 3.73. The topological polar surface area (TPSA) is 41.6 Å². The molecular formula is C17H15N3S. The molecule has 0 aliphatic heterocycles. The van der Waals surface area contributed by atoms with Crippen molar-refractivity contribution in [2.24, 2.45) is 0 Å². The molecule has 0 fully saturated rings. The monoisotopic (exact) mass is 293 g/mol. The number of hydrogen-bond acceptors (Lipinski definition) is 3. The van der Waals surface area contributed by atoms with E-state index in [1.807, 2.05) is 48.5 Å². The minimum Gasteiger partial charge on any atom is -0.258 e. The van der Waals surface area contributed by atoms with Crippen LogP contribution in [0.25, 0.3) is 17.5 Å². The standard InChI is InChI=1S/C17H15N3S/c1-3-8-14(9-4-1)10-7-13-21-17-18-16(19-20-17)15-11-5-2-6-12-15/h1-12H,13H2,(H,18,19,20)/b10-7+. The van der Waals surface area contributed by atoms with Crippen LogP contribution in [0.15, 0.2) is 71.9 Å². The Morgan fingerprint density at radius 2 is 1.67 bits per heavy atom. The highest BCUT2D eigenvalue weighted by Gasteiger charge is 2.04. The van der Waals surface area contributed by atoms with Crippen LogP contribution in [-0.2, 0) is 0 Å². The number of aromatic nitrogens is 3. The zero-order valence-corrected chi connectivity index (χ0v) is 12.3. The van der Waals surface area contributed by atoms with Crippen molar-refractivity contribution in [2.75, 3.05) is 5.75 Å². The van der Waals surface area contributed by atoms with Gasteiger partial charge in [0.1, 0.15) is 0 Å². The summed E-state index contributed by atoms with van der Waals surface area (Å²) in [5, 5.41) is 7.97. The van der Waals surface area contributed by atoms with Crippen LogP contribution in [0.2, 0.25) is 0 Å². The molecule has 4 heteroatoms. The molecule has 21 heavy (non-hydrogen) atoms. The third-order valence-electron chi connectivity index (χ3n) is 2.93. The summed E-state index contributed by atoms with van der Waals surface area (Å²) in [4.78, 5) is 4.49. The predicted molar refractivity (Wildman–Crippen MR) is 88.0 cm³/mol. The first-order valence-corrected chi connectivity index (χ1v) is 7.72. The lowest BCUT2D eigenvalue weighted by molar-refractivity contribution is 0.975. The van der Waals surface area contributed by atoms with Gasteiger partial charge in [0, 0.05) is 11.3 Å². The van der Waals surface area contributed by atoms with Gasteiger partial charge in [0.15, 0.2) is 5.82 Å². The highest BCUT2D eigenvalue weighted by Crippen LogP contribution is 2.19. The molecule has 1 heterocycles. The normalized spacial score (nSPS) is 11.0. The zero-order chi connectivity index (χ0) is 14.3. The van der Waals surface area contributed by atoms with Gasteiger partial charge in [-0.2, -0.15) is 0 Å². The molecule has 1 N–H and O–H groups in total. The van der Waals surface area contributed by atoms with Crippen LogP contribution in [0, 0.1) is 0 Å². The van der Waals surface area contributed by atoms with Crippen LogP contribution in [-0.4, -0.2) is 20.9 Å². The van der Waals surface area contributed by atoms with Gasteiger partial charge in [0.05, 0.1) is 0 Å². The Labute approximate surface area is 128 Å². The Morgan fingerprint density at radius 1 is 0.952 bits per heavy atom. The quantitative estimate of drug-likeness (QED) is 0.714. The molecule has 0 spiro atoms. The lowest BCUT2D eigenvalue weighted by Gasteiger charge is -1.93. The van der Waals surface area contributed by atoms with Crippen molar-refractivity contribution in [3.63, 3.8) is 0 Å². The molecule has 0 atom stereocenters. The molecule has 0 aliphatic rings. The van der Waals surface area contributed by atoms with Crippen molar-refractivity contribution in [1.82, 2.24) is 15.2 Å². The second kappa shape index (κ2) is 6.90. The van der Waals surface area contributed by atoms with Crippen LogP contribution in [0.3, 0.4) is 0 Å². The van der Waals surface area contributed by atoms with E-state index in [9.17, 15) is 0 Å². The van der Waals surface area contributed by atoms with Gasteiger partial charge in [0.2, 0.25) is 5.16 Å². The van der Waals surface area contributed by atoms with Crippen LogP contribution in [0.5, 0.6) is 0 Å². The first-order chi connectivity index (χ1) is 10.4. The Hall–Kier alpha value is -2.33. The summed E-state index contributed by atoms with van der Waals surface area (Å²) in [5.41, 5.74) is 2.26. The molecule has 3 rings (SSSR count). The van der Waals surface area contributed by atoms with Crippen molar-refractivity contribution in [2.45, 2.75) is 5.16 Å². The highest BCUT2D eigenvalue weighted by molar-refractivity contribution is 7.99. The van der Waals surface area contributed by atoms with Gasteiger partial charge in [-0.15, -0.1) is 5.10 Å². The fourth-order valence-corrected chi connectivity index (χ4v) is 2.51. The van der Waals surface area contributed by atoms with E-state index in [4.69, 9.17) is 0 Å². The maximum Gasteiger partial charge on any atom is 0.209 e. The Kier molecular flexibility index (Phi) is 4.49. The molecule has 2 aromatic carbocycles. The van der Waals surface area contributed by atoms with Crippen molar-refractivity contribution in [3.8, 4) is 11.4 Å². The smallest absolute Gasteiger partial charge is 0.209 e. The number of H-pyrrole nitrogens is 1. The van der Waals surface area contributed by atoms with E-state index in [1.165, 1.54) is 5.56 Å². The molecule has 104 valence electrons. The minimum absolute atomic E-state index is 0.770. The molecule has 1 aromatic heterocycles. The van der Waals surface area contributed by atoms with Gasteiger partial charge < -0.3 is 0 Å². The number of aromatic amines is 1. The zero-order valence-electron chi connectivity index (χ0n) is 11.4. The molecule has 3 aromatic rings. The number of nitrogens with one attached hydrogen (secondary N) is 1. The number of thioether (sulfide) groups is 1. The van der Waals surface area contributed by atoms with Crippen molar-refractivity contribution in [3.05, 3.63) is 72.3 Å². The van der Waals surface area contributed by atoms with Gasteiger partial charge in [-0.1, -0.05) is 84.6 Å². The Balaban J connectivity index is 1.57. The molecule has 0 saturated heterocycles. The number of benzene rings is 2. The Morgan fingerprint density at radius 3 is 2.43 bits per heavy atom. The first kappa shape index (κ1) is 13.6. The van der Waals surface area contributed by atoms with E-state index < -0.39 is 0 Å². The molecule has 0 bridgehead atoms. The van der Waals surface area contributed by atoms with Crippen molar-refractivity contribution >= 4 is 17.8 Å². The van der Waals surface area contributed by atoms with E-state index in [1.54, 1.807) is 11.8 Å². The van der Waals surface area contributed by atoms with Crippen LogP contribution in [0.4, 0.5) is 0 Å². The van der Waals surface area contributed by atoms with Gasteiger partial charge in [-0.3, -0.25) is 5.10 Å². The molecular weight excluding hydrogens is 278 g/mol. The van der Waals surface area contributed by atoms with E-state index in [0.717, 1.165) is 22.3 Å². The third kappa shape index (κ3) is 3.83. The number of rotatable bonds is 5. The predicted octanol–water partition coefficient (Wildman–Crippen LogP) is 4.28. The summed E-state index contributed by atoms with van der Waals surface area (Å²) in [5.74, 6) is 1.66. The van der Waals surface area contributed by atoms with Crippen molar-refractivity contribution in [1.29, 1.82) is 0 Å². The molecule has 0 radical (unpaired) electrons. The Bertz CT molecular complexity index is 705. The number of hydrogen-bond donors (Lipinski definition) is 1. The molecule has 0 amide bonds. The minimum atomic E-state index is 0.770. The van der Waals surface area contributed by atoms with E-state index >= 15 is 0 Å². The average Bonchev–Trinajstić information content (AvgIpc) is 3.02. The summed E-state index contributed by atoms with van der Waals surface area (Å²) < 4.78 is 0. The van der Waals surface area contributed by atoms with Gasteiger partial charge in [-0.05, 0) is 5.56 Å². The van der Waals surface area contributed by atoms with E-state index in [-0.39, 0.29) is 0 Å². The van der Waals surface area contributed by atoms with Crippen LogP contribution in [0.1, 0.15) is 5.56 Å². The van der Waals surface area contributed by atoms with Crippen LogP contribution >= 0.6 is 11.8 Å². The maximum absolute atomic E-state index is 4.49. The van der Waals surface area contributed by atoms with Gasteiger partial charge >= 0.3 is 0 Å². The van der Waals surface area contributed by atoms with Gasteiger partial charge in [-0.25, -0.2) is 4.98 Å². The molecule has 3 nitrogen and oxygen atoms in total. The number of nitrogens with zero attached hydrogens (tertiary/aromatic N) is 2. The maximum atomic E-state index is 4.49. The lowest BCUT2D eigenvalue weighted by Crippen LogP contribution is -1.79. The largest absolute Gasteiger partial charge is 0.258 e. The van der Waals surface area contributed by atoms with Crippen molar-refractivity contribution < 1.29 is 0 Å². The summed E-state index contributed by atoms with van der Waals surface area (Å²) in [6.07, 6.45) is 4.23. The molecule has 0 aliphatic carbocycles. The van der Waals surface area contributed by atoms with Crippen LogP contribution < -0.4 is 0 Å². The summed E-state index contributed by atoms with van der Waals surface area (Å²) in [7, 11) is 0. The summed E-state index contributed by atoms with van der Waals surface area (Å²) in [6, 6.07) is 20.3. The second-order valence-electron chi connectivity index (χ2n) is 4.46. The lowest BCUT2D eigenvalue weighted by atomic mass is 10.2. The average molecular weight is 293 g/mol. The fraction of sp³-hybridized carbons (Fsp3) is 0.0588. The first-order valence-electron chi connectivity index (χ1n) is 6.74. The van der Waals surface area contributed by atoms with E-state index in [2.05, 4.69) is 39.5 Å². The van der Waals surface area contributed by atoms with Gasteiger partial charge in [0.25, 0.3) is 0 Å². The molecule has 0 saturated carbocycles.